The molecular weight excluding hydrogens is 270 g/mol. The number of ketones is 1. The van der Waals surface area contributed by atoms with Crippen molar-refractivity contribution < 1.29 is 14.5 Å². The van der Waals surface area contributed by atoms with Gasteiger partial charge in [-0.05, 0) is 11.0 Å². The van der Waals surface area contributed by atoms with Crippen LogP contribution < -0.4 is 0 Å². The van der Waals surface area contributed by atoms with E-state index in [9.17, 15) is 14.9 Å². The lowest BCUT2D eigenvalue weighted by Crippen LogP contribution is -2.28. The average Bonchev–Trinajstić information content (AvgIpc) is 2.77. The van der Waals surface area contributed by atoms with Crippen LogP contribution in [0.3, 0.4) is 0 Å². The summed E-state index contributed by atoms with van der Waals surface area (Å²) >= 11 is 0. The first-order valence-electron chi connectivity index (χ1n) is 7.00. The molecule has 1 aromatic carbocycles. The molecule has 0 saturated carbocycles. The molecule has 5 heteroatoms. The Bertz CT molecular complexity index is 633. The SMILES string of the molecule is CC1(C)CC(=O)C2=C(C1)O[C@H]([N+](=O)[O-])[C@H]2c1ccccc1. The molecule has 1 aromatic rings. The molecule has 0 aromatic heterocycles. The summed E-state index contributed by atoms with van der Waals surface area (Å²) in [4.78, 5) is 23.4. The molecular formula is C16H17NO4. The van der Waals surface area contributed by atoms with E-state index in [4.69, 9.17) is 4.74 Å². The molecule has 1 aliphatic carbocycles. The highest BCUT2D eigenvalue weighted by atomic mass is 16.7. The molecule has 0 unspecified atom stereocenters. The van der Waals surface area contributed by atoms with Crippen molar-refractivity contribution in [2.45, 2.75) is 38.8 Å². The summed E-state index contributed by atoms with van der Waals surface area (Å²) in [5, 5.41) is 11.3. The molecule has 0 saturated heterocycles. The van der Waals surface area contributed by atoms with E-state index in [1.807, 2.05) is 44.2 Å². The summed E-state index contributed by atoms with van der Waals surface area (Å²) in [5.41, 5.74) is 1.06. The van der Waals surface area contributed by atoms with E-state index in [1.54, 1.807) is 0 Å². The van der Waals surface area contributed by atoms with Crippen LogP contribution in [0.25, 0.3) is 0 Å². The normalized spacial score (nSPS) is 27.2. The Morgan fingerprint density at radius 1 is 1.24 bits per heavy atom. The van der Waals surface area contributed by atoms with Crippen LogP contribution in [0.15, 0.2) is 41.7 Å². The summed E-state index contributed by atoms with van der Waals surface area (Å²) in [5.74, 6) is -0.119. The summed E-state index contributed by atoms with van der Waals surface area (Å²) in [6.45, 7) is 3.96. The average molecular weight is 287 g/mol. The van der Waals surface area contributed by atoms with Crippen LogP contribution in [0.1, 0.15) is 38.2 Å². The van der Waals surface area contributed by atoms with Crippen LogP contribution in [0.2, 0.25) is 0 Å². The van der Waals surface area contributed by atoms with Crippen LogP contribution in [0.4, 0.5) is 0 Å². The summed E-state index contributed by atoms with van der Waals surface area (Å²) < 4.78 is 5.56. The van der Waals surface area contributed by atoms with E-state index in [0.29, 0.717) is 24.2 Å². The van der Waals surface area contributed by atoms with Gasteiger partial charge in [-0.2, -0.15) is 0 Å². The standard InChI is InChI=1S/C16H17NO4/c1-16(2)8-11(18)14-12(9-16)21-15(17(19)20)13(14)10-6-4-3-5-7-10/h3-7,13,15H,8-9H2,1-2H3/t13-,15-/m0/s1. The van der Waals surface area contributed by atoms with Crippen LogP contribution in [-0.2, 0) is 9.53 Å². The highest BCUT2D eigenvalue weighted by Gasteiger charge is 2.51. The summed E-state index contributed by atoms with van der Waals surface area (Å²) in [6.07, 6.45) is -0.222. The van der Waals surface area contributed by atoms with Gasteiger partial charge in [0.1, 0.15) is 11.7 Å². The highest BCUT2D eigenvalue weighted by molar-refractivity contribution is 5.99. The molecule has 1 aliphatic heterocycles. The van der Waals surface area contributed by atoms with Gasteiger partial charge in [0.2, 0.25) is 0 Å². The Kier molecular flexibility index (Phi) is 3.08. The minimum Gasteiger partial charge on any atom is -0.433 e. The van der Waals surface area contributed by atoms with Crippen LogP contribution >= 0.6 is 0 Å². The van der Waals surface area contributed by atoms with E-state index >= 15 is 0 Å². The molecule has 0 amide bonds. The molecule has 5 nitrogen and oxygen atoms in total. The Morgan fingerprint density at radius 3 is 2.52 bits per heavy atom. The molecule has 2 atom stereocenters. The second-order valence-corrected chi connectivity index (χ2v) is 6.46. The van der Waals surface area contributed by atoms with Gasteiger partial charge in [-0.25, -0.2) is 0 Å². The van der Waals surface area contributed by atoms with Crippen molar-refractivity contribution in [1.82, 2.24) is 0 Å². The lowest BCUT2D eigenvalue weighted by molar-refractivity contribution is -0.570. The molecule has 0 N–H and O–H groups in total. The van der Waals surface area contributed by atoms with E-state index < -0.39 is 17.1 Å². The number of Topliss-reactive ketones (excluding diaryl/α,β-unsaturated/α-hetero) is 1. The van der Waals surface area contributed by atoms with E-state index in [-0.39, 0.29) is 11.2 Å². The molecule has 1 heterocycles. The quantitative estimate of drug-likeness (QED) is 0.619. The lowest BCUT2D eigenvalue weighted by Gasteiger charge is -2.28. The third-order valence-corrected chi connectivity index (χ3v) is 4.10. The van der Waals surface area contributed by atoms with Gasteiger partial charge in [-0.1, -0.05) is 44.2 Å². The van der Waals surface area contributed by atoms with Gasteiger partial charge < -0.3 is 4.74 Å². The summed E-state index contributed by atoms with van der Waals surface area (Å²) in [7, 11) is 0. The fourth-order valence-corrected chi connectivity index (χ4v) is 3.24. The lowest BCUT2D eigenvalue weighted by atomic mass is 9.73. The number of carbonyl (C=O) groups is 1. The zero-order chi connectivity index (χ0) is 15.2. The maximum atomic E-state index is 12.5. The van der Waals surface area contributed by atoms with Crippen LogP contribution in [0.5, 0.6) is 0 Å². The minimum atomic E-state index is -1.20. The minimum absolute atomic E-state index is 0.0283. The number of carbonyl (C=O) groups excluding carboxylic acids is 1. The number of hydrogen-bond acceptors (Lipinski definition) is 4. The maximum Gasteiger partial charge on any atom is 0.364 e. The van der Waals surface area contributed by atoms with Crippen molar-refractivity contribution in [1.29, 1.82) is 0 Å². The largest absolute Gasteiger partial charge is 0.433 e. The molecule has 0 fully saturated rings. The summed E-state index contributed by atoms with van der Waals surface area (Å²) in [6, 6.07) is 9.12. The fraction of sp³-hybridized carbons (Fsp3) is 0.438. The van der Waals surface area contributed by atoms with Gasteiger partial charge in [-0.3, -0.25) is 14.9 Å². The Balaban J connectivity index is 2.08. The van der Waals surface area contributed by atoms with Crippen molar-refractivity contribution in [2.24, 2.45) is 5.41 Å². The number of ether oxygens (including phenoxy) is 1. The van der Waals surface area contributed by atoms with E-state index in [2.05, 4.69) is 0 Å². The van der Waals surface area contributed by atoms with Gasteiger partial charge in [0, 0.05) is 12.8 Å². The van der Waals surface area contributed by atoms with Crippen LogP contribution in [-0.4, -0.2) is 16.9 Å². The fourth-order valence-electron chi connectivity index (χ4n) is 3.24. The number of nitro groups is 1. The molecule has 0 spiro atoms. The van der Waals surface area contributed by atoms with E-state index in [0.717, 1.165) is 5.56 Å². The van der Waals surface area contributed by atoms with Gasteiger partial charge in [0.25, 0.3) is 0 Å². The number of hydrogen-bond donors (Lipinski definition) is 0. The third-order valence-electron chi connectivity index (χ3n) is 4.10. The van der Waals surface area contributed by atoms with Crippen molar-refractivity contribution in [3.05, 3.63) is 57.3 Å². The number of benzene rings is 1. The second-order valence-electron chi connectivity index (χ2n) is 6.46. The van der Waals surface area contributed by atoms with Gasteiger partial charge in [0.05, 0.1) is 10.5 Å². The highest BCUT2D eigenvalue weighted by Crippen LogP contribution is 2.48. The maximum absolute atomic E-state index is 12.5. The molecule has 3 rings (SSSR count). The smallest absolute Gasteiger partial charge is 0.364 e. The number of rotatable bonds is 2. The van der Waals surface area contributed by atoms with Gasteiger partial charge in [0.15, 0.2) is 5.78 Å². The predicted molar refractivity (Wildman–Crippen MR) is 76.1 cm³/mol. The van der Waals surface area contributed by atoms with Gasteiger partial charge in [-0.15, -0.1) is 0 Å². The first-order chi connectivity index (χ1) is 9.89. The molecule has 0 radical (unpaired) electrons. The van der Waals surface area contributed by atoms with Crippen molar-refractivity contribution in [2.75, 3.05) is 0 Å². The topological polar surface area (TPSA) is 69.4 Å². The van der Waals surface area contributed by atoms with Gasteiger partial charge >= 0.3 is 6.23 Å². The molecule has 110 valence electrons. The Hall–Kier alpha value is -2.17. The Labute approximate surface area is 122 Å². The van der Waals surface area contributed by atoms with Crippen LogP contribution in [0, 0.1) is 15.5 Å². The zero-order valence-electron chi connectivity index (χ0n) is 12.0. The third kappa shape index (κ3) is 2.33. The van der Waals surface area contributed by atoms with Crippen molar-refractivity contribution in [3.63, 3.8) is 0 Å². The first-order valence-corrected chi connectivity index (χ1v) is 7.00. The van der Waals surface area contributed by atoms with Crippen molar-refractivity contribution >= 4 is 5.78 Å². The van der Waals surface area contributed by atoms with E-state index in [1.165, 1.54) is 0 Å². The molecule has 0 bridgehead atoms. The number of allylic oxidation sites excluding steroid dienone is 1. The van der Waals surface area contributed by atoms with Crippen molar-refractivity contribution in [3.8, 4) is 0 Å². The number of nitrogens with zero attached hydrogens (tertiary/aromatic N) is 1. The zero-order valence-corrected chi connectivity index (χ0v) is 12.0. The molecule has 21 heavy (non-hydrogen) atoms. The first kappa shape index (κ1) is 13.8. The molecule has 2 aliphatic rings. The predicted octanol–water partition coefficient (Wildman–Crippen LogP) is 3.05. The Morgan fingerprint density at radius 2 is 1.90 bits per heavy atom. The monoisotopic (exact) mass is 287 g/mol. The second kappa shape index (κ2) is 4.69.